The predicted octanol–water partition coefficient (Wildman–Crippen LogP) is 4.16. The number of thioether (sulfide) groups is 1. The van der Waals surface area contributed by atoms with Crippen LogP contribution in [0.15, 0.2) is 53.4 Å². The fourth-order valence-electron chi connectivity index (χ4n) is 3.29. The first-order valence-corrected chi connectivity index (χ1v) is 10.3. The first-order valence-electron chi connectivity index (χ1n) is 9.45. The lowest BCUT2D eigenvalue weighted by molar-refractivity contribution is -0.120. The van der Waals surface area contributed by atoms with Crippen molar-refractivity contribution in [2.75, 3.05) is 43.5 Å². The maximum atomic E-state index is 12.6. The standard InChI is InChI=1S/C21H25F2N3O2S/c1-15(20(27)24-16-3-9-19(10-4-16)29-21(22)23)25-11-13-26(14-12-25)17-5-7-18(28-2)8-6-17/h3-10,15,21H,11-14H2,1-2H3,(H,24,27)/t15-/m1/s1. The number of piperazine rings is 1. The summed E-state index contributed by atoms with van der Waals surface area (Å²) in [6.07, 6.45) is 0. The van der Waals surface area contributed by atoms with Gasteiger partial charge in [0, 0.05) is 42.4 Å². The van der Waals surface area contributed by atoms with Crippen LogP contribution in [0, 0.1) is 0 Å². The van der Waals surface area contributed by atoms with Crippen LogP contribution in [0.5, 0.6) is 5.75 Å². The fourth-order valence-corrected chi connectivity index (χ4v) is 3.79. The van der Waals surface area contributed by atoms with Crippen LogP contribution in [0.1, 0.15) is 6.92 Å². The summed E-state index contributed by atoms with van der Waals surface area (Å²) >= 11 is 0.489. The van der Waals surface area contributed by atoms with E-state index in [1.165, 1.54) is 0 Å². The van der Waals surface area contributed by atoms with E-state index in [2.05, 4.69) is 15.1 Å². The number of carbonyl (C=O) groups excluding carboxylic acids is 1. The largest absolute Gasteiger partial charge is 0.497 e. The minimum atomic E-state index is -2.45. The SMILES string of the molecule is COc1ccc(N2CCN([C@H](C)C(=O)Nc3ccc(SC(F)F)cc3)CC2)cc1. The van der Waals surface area contributed by atoms with Gasteiger partial charge in [-0.05, 0) is 55.5 Å². The van der Waals surface area contributed by atoms with E-state index in [1.54, 1.807) is 31.4 Å². The fraction of sp³-hybridized carbons (Fsp3) is 0.381. The van der Waals surface area contributed by atoms with Crippen LogP contribution in [0.3, 0.4) is 0 Å². The van der Waals surface area contributed by atoms with Gasteiger partial charge >= 0.3 is 0 Å². The predicted molar refractivity (Wildman–Crippen MR) is 113 cm³/mol. The number of nitrogens with zero attached hydrogens (tertiary/aromatic N) is 2. The summed E-state index contributed by atoms with van der Waals surface area (Å²) in [4.78, 5) is 17.5. The number of rotatable bonds is 7. The summed E-state index contributed by atoms with van der Waals surface area (Å²) in [5, 5.41) is 2.87. The molecular formula is C21H25F2N3O2S. The second-order valence-electron chi connectivity index (χ2n) is 6.79. The van der Waals surface area contributed by atoms with Gasteiger partial charge in [-0.2, -0.15) is 8.78 Å². The van der Waals surface area contributed by atoms with Crippen LogP contribution in [0.2, 0.25) is 0 Å². The van der Waals surface area contributed by atoms with Gasteiger partial charge in [-0.1, -0.05) is 11.8 Å². The van der Waals surface area contributed by atoms with Gasteiger partial charge < -0.3 is 15.0 Å². The zero-order valence-electron chi connectivity index (χ0n) is 16.5. The number of hydrogen-bond donors (Lipinski definition) is 1. The van der Waals surface area contributed by atoms with E-state index in [0.29, 0.717) is 22.3 Å². The molecule has 8 heteroatoms. The van der Waals surface area contributed by atoms with Crippen molar-refractivity contribution in [2.45, 2.75) is 23.6 Å². The second kappa shape index (κ2) is 9.93. The third-order valence-electron chi connectivity index (χ3n) is 5.03. The molecule has 1 saturated heterocycles. The summed E-state index contributed by atoms with van der Waals surface area (Å²) < 4.78 is 30.0. The highest BCUT2D eigenvalue weighted by atomic mass is 32.2. The lowest BCUT2D eigenvalue weighted by Gasteiger charge is -2.38. The van der Waals surface area contributed by atoms with Crippen LogP contribution >= 0.6 is 11.8 Å². The maximum absolute atomic E-state index is 12.6. The number of nitrogens with one attached hydrogen (secondary N) is 1. The quantitative estimate of drug-likeness (QED) is 0.681. The number of methoxy groups -OCH3 is 1. The highest BCUT2D eigenvalue weighted by Crippen LogP contribution is 2.26. The first kappa shape index (κ1) is 21.4. The van der Waals surface area contributed by atoms with Crippen molar-refractivity contribution >= 4 is 29.0 Å². The van der Waals surface area contributed by atoms with Crippen LogP contribution < -0.4 is 15.0 Å². The van der Waals surface area contributed by atoms with E-state index in [1.807, 2.05) is 31.2 Å². The molecule has 0 aromatic heterocycles. The Hall–Kier alpha value is -2.32. The van der Waals surface area contributed by atoms with E-state index in [4.69, 9.17) is 4.74 Å². The molecule has 0 aliphatic carbocycles. The number of anilines is 2. The van der Waals surface area contributed by atoms with Gasteiger partial charge in [0.05, 0.1) is 13.2 Å². The van der Waals surface area contributed by atoms with Crippen molar-refractivity contribution in [3.63, 3.8) is 0 Å². The Bertz CT molecular complexity index is 795. The number of benzene rings is 2. The van der Waals surface area contributed by atoms with Crippen LogP contribution in [-0.4, -0.2) is 55.9 Å². The minimum Gasteiger partial charge on any atom is -0.497 e. The van der Waals surface area contributed by atoms with Gasteiger partial charge in [-0.15, -0.1) is 0 Å². The Morgan fingerprint density at radius 3 is 2.21 bits per heavy atom. The molecule has 2 aromatic carbocycles. The summed E-state index contributed by atoms with van der Waals surface area (Å²) in [6.45, 7) is 5.13. The molecule has 1 fully saturated rings. The number of amides is 1. The van der Waals surface area contributed by atoms with Crippen molar-refractivity contribution in [3.8, 4) is 5.75 Å². The van der Waals surface area contributed by atoms with Crippen molar-refractivity contribution in [2.24, 2.45) is 0 Å². The average molecular weight is 422 g/mol. The Morgan fingerprint density at radius 2 is 1.66 bits per heavy atom. The average Bonchev–Trinajstić information content (AvgIpc) is 2.74. The van der Waals surface area contributed by atoms with Gasteiger partial charge in [-0.25, -0.2) is 0 Å². The Labute approximate surface area is 174 Å². The molecule has 0 unspecified atom stereocenters. The highest BCUT2D eigenvalue weighted by Gasteiger charge is 2.25. The molecule has 29 heavy (non-hydrogen) atoms. The summed E-state index contributed by atoms with van der Waals surface area (Å²) in [5.41, 5.74) is 1.75. The van der Waals surface area contributed by atoms with Crippen molar-refractivity contribution in [1.29, 1.82) is 0 Å². The Balaban J connectivity index is 1.50. The van der Waals surface area contributed by atoms with E-state index in [-0.39, 0.29) is 11.9 Å². The second-order valence-corrected chi connectivity index (χ2v) is 7.85. The van der Waals surface area contributed by atoms with Gasteiger partial charge in [-0.3, -0.25) is 9.69 Å². The van der Waals surface area contributed by atoms with Crippen molar-refractivity contribution in [3.05, 3.63) is 48.5 Å². The molecule has 5 nitrogen and oxygen atoms in total. The smallest absolute Gasteiger partial charge is 0.288 e. The Morgan fingerprint density at radius 1 is 1.03 bits per heavy atom. The number of halogens is 2. The van der Waals surface area contributed by atoms with Crippen molar-refractivity contribution < 1.29 is 18.3 Å². The van der Waals surface area contributed by atoms with Crippen LogP contribution in [0.4, 0.5) is 20.2 Å². The zero-order valence-corrected chi connectivity index (χ0v) is 17.3. The molecule has 1 heterocycles. The monoisotopic (exact) mass is 421 g/mol. The molecule has 1 aliphatic rings. The molecule has 1 atom stereocenters. The molecule has 3 rings (SSSR count). The summed E-state index contributed by atoms with van der Waals surface area (Å²) in [5.74, 6) is -1.72. The van der Waals surface area contributed by atoms with Crippen LogP contribution in [-0.2, 0) is 4.79 Å². The molecule has 1 amide bonds. The number of alkyl halides is 2. The third-order valence-corrected chi connectivity index (χ3v) is 5.75. The van der Waals surface area contributed by atoms with Gasteiger partial charge in [0.25, 0.3) is 5.76 Å². The number of ether oxygens (including phenoxy) is 1. The minimum absolute atomic E-state index is 0.0999. The molecule has 1 aliphatic heterocycles. The molecule has 2 aromatic rings. The maximum Gasteiger partial charge on any atom is 0.288 e. The number of carbonyl (C=O) groups is 1. The molecule has 0 bridgehead atoms. The van der Waals surface area contributed by atoms with Crippen LogP contribution in [0.25, 0.3) is 0 Å². The molecular weight excluding hydrogens is 396 g/mol. The van der Waals surface area contributed by atoms with E-state index in [0.717, 1.165) is 37.6 Å². The van der Waals surface area contributed by atoms with Gasteiger partial charge in [0.2, 0.25) is 5.91 Å². The van der Waals surface area contributed by atoms with E-state index in [9.17, 15) is 13.6 Å². The zero-order chi connectivity index (χ0) is 20.8. The third kappa shape index (κ3) is 5.83. The number of hydrogen-bond acceptors (Lipinski definition) is 5. The normalized spacial score (nSPS) is 16.0. The lowest BCUT2D eigenvalue weighted by Crippen LogP contribution is -2.52. The van der Waals surface area contributed by atoms with Gasteiger partial charge in [0.1, 0.15) is 5.75 Å². The molecule has 0 radical (unpaired) electrons. The van der Waals surface area contributed by atoms with E-state index >= 15 is 0 Å². The summed E-state index contributed by atoms with van der Waals surface area (Å²) in [7, 11) is 1.65. The lowest BCUT2D eigenvalue weighted by atomic mass is 10.2. The highest BCUT2D eigenvalue weighted by molar-refractivity contribution is 7.99. The summed E-state index contributed by atoms with van der Waals surface area (Å²) in [6, 6.07) is 14.2. The molecule has 156 valence electrons. The topological polar surface area (TPSA) is 44.8 Å². The van der Waals surface area contributed by atoms with E-state index < -0.39 is 5.76 Å². The van der Waals surface area contributed by atoms with Gasteiger partial charge in [0.15, 0.2) is 0 Å². The van der Waals surface area contributed by atoms with Crippen molar-refractivity contribution in [1.82, 2.24) is 4.90 Å². The Kier molecular flexibility index (Phi) is 7.33. The molecule has 1 N–H and O–H groups in total. The first-order chi connectivity index (χ1) is 14.0. The molecule has 0 spiro atoms. The molecule has 0 saturated carbocycles.